The standard InChI is InChI=1S/C12H13N3O2S/c13-8-10-3-5-11(6-4-10)15-18(16,17)12-2-1-7-14-9-12/h1-7,9,15H,8,13H2. The first-order valence-corrected chi connectivity index (χ1v) is 6.82. The minimum Gasteiger partial charge on any atom is -0.326 e. The van der Waals surface area contributed by atoms with Crippen LogP contribution >= 0.6 is 0 Å². The van der Waals surface area contributed by atoms with Crippen LogP contribution in [-0.2, 0) is 16.6 Å². The Bertz CT molecular complexity index is 610. The lowest BCUT2D eigenvalue weighted by Gasteiger charge is -2.08. The highest BCUT2D eigenvalue weighted by Gasteiger charge is 2.13. The molecule has 3 N–H and O–H groups in total. The van der Waals surface area contributed by atoms with E-state index in [0.29, 0.717) is 12.2 Å². The molecule has 0 unspecified atom stereocenters. The average Bonchev–Trinajstić information content (AvgIpc) is 2.40. The number of nitrogens with zero attached hydrogens (tertiary/aromatic N) is 1. The van der Waals surface area contributed by atoms with Crippen LogP contribution in [0, 0.1) is 0 Å². The smallest absolute Gasteiger partial charge is 0.263 e. The molecule has 0 atom stereocenters. The van der Waals surface area contributed by atoms with Crippen molar-refractivity contribution in [1.29, 1.82) is 0 Å². The number of benzene rings is 1. The van der Waals surface area contributed by atoms with Gasteiger partial charge in [0.2, 0.25) is 0 Å². The zero-order chi connectivity index (χ0) is 13.0. The molecule has 94 valence electrons. The predicted molar refractivity (Wildman–Crippen MR) is 69.4 cm³/mol. The van der Waals surface area contributed by atoms with Gasteiger partial charge in [0.15, 0.2) is 0 Å². The summed E-state index contributed by atoms with van der Waals surface area (Å²) in [5.74, 6) is 0. The van der Waals surface area contributed by atoms with E-state index in [2.05, 4.69) is 9.71 Å². The van der Waals surface area contributed by atoms with Gasteiger partial charge >= 0.3 is 0 Å². The van der Waals surface area contributed by atoms with Crippen molar-refractivity contribution in [3.8, 4) is 0 Å². The molecule has 0 spiro atoms. The summed E-state index contributed by atoms with van der Waals surface area (Å²) < 4.78 is 26.4. The number of hydrogen-bond acceptors (Lipinski definition) is 4. The van der Waals surface area contributed by atoms with Crippen LogP contribution < -0.4 is 10.5 Å². The third-order valence-electron chi connectivity index (χ3n) is 2.39. The Morgan fingerprint density at radius 3 is 2.44 bits per heavy atom. The van der Waals surface area contributed by atoms with Gasteiger partial charge in [-0.3, -0.25) is 9.71 Å². The third-order valence-corrected chi connectivity index (χ3v) is 3.75. The number of nitrogens with two attached hydrogens (primary N) is 1. The number of sulfonamides is 1. The van der Waals surface area contributed by atoms with E-state index in [0.717, 1.165) is 5.56 Å². The second-order valence-electron chi connectivity index (χ2n) is 3.70. The van der Waals surface area contributed by atoms with E-state index in [4.69, 9.17) is 5.73 Å². The number of hydrogen-bond donors (Lipinski definition) is 2. The van der Waals surface area contributed by atoms with Gasteiger partial charge in [0.25, 0.3) is 10.0 Å². The van der Waals surface area contributed by atoms with Crippen molar-refractivity contribution >= 4 is 15.7 Å². The molecule has 0 bridgehead atoms. The Hall–Kier alpha value is -1.92. The molecule has 5 nitrogen and oxygen atoms in total. The highest BCUT2D eigenvalue weighted by atomic mass is 32.2. The summed E-state index contributed by atoms with van der Waals surface area (Å²) in [6, 6.07) is 9.98. The fourth-order valence-electron chi connectivity index (χ4n) is 1.43. The molecule has 2 rings (SSSR count). The van der Waals surface area contributed by atoms with Crippen LogP contribution in [0.3, 0.4) is 0 Å². The Morgan fingerprint density at radius 2 is 1.89 bits per heavy atom. The molecule has 0 amide bonds. The summed E-state index contributed by atoms with van der Waals surface area (Å²) in [6.45, 7) is 0.426. The molecule has 0 saturated heterocycles. The van der Waals surface area contributed by atoms with Crippen LogP contribution in [-0.4, -0.2) is 13.4 Å². The van der Waals surface area contributed by atoms with Crippen LogP contribution in [0.5, 0.6) is 0 Å². The van der Waals surface area contributed by atoms with Crippen molar-refractivity contribution in [2.24, 2.45) is 5.73 Å². The SMILES string of the molecule is NCc1ccc(NS(=O)(=O)c2cccnc2)cc1. The molecule has 1 heterocycles. The predicted octanol–water partition coefficient (Wildman–Crippen LogP) is 1.34. The van der Waals surface area contributed by atoms with E-state index in [1.807, 2.05) is 0 Å². The van der Waals surface area contributed by atoms with Gasteiger partial charge < -0.3 is 5.73 Å². The van der Waals surface area contributed by atoms with Crippen molar-refractivity contribution < 1.29 is 8.42 Å². The van der Waals surface area contributed by atoms with Crippen molar-refractivity contribution in [3.05, 3.63) is 54.4 Å². The van der Waals surface area contributed by atoms with Crippen LogP contribution in [0.1, 0.15) is 5.56 Å². The summed E-state index contributed by atoms with van der Waals surface area (Å²) in [5, 5.41) is 0. The third kappa shape index (κ3) is 2.85. The molecule has 0 radical (unpaired) electrons. The first-order chi connectivity index (χ1) is 8.62. The van der Waals surface area contributed by atoms with Crippen molar-refractivity contribution in [2.45, 2.75) is 11.4 Å². The van der Waals surface area contributed by atoms with Gasteiger partial charge in [-0.2, -0.15) is 0 Å². The maximum atomic E-state index is 12.0. The number of anilines is 1. The second kappa shape index (κ2) is 5.16. The molecular weight excluding hydrogens is 250 g/mol. The molecule has 18 heavy (non-hydrogen) atoms. The van der Waals surface area contributed by atoms with Gasteiger partial charge in [-0.25, -0.2) is 8.42 Å². The van der Waals surface area contributed by atoms with Crippen molar-refractivity contribution in [1.82, 2.24) is 4.98 Å². The van der Waals surface area contributed by atoms with Gasteiger partial charge in [-0.1, -0.05) is 12.1 Å². The lowest BCUT2D eigenvalue weighted by Crippen LogP contribution is -2.13. The summed E-state index contributed by atoms with van der Waals surface area (Å²) in [4.78, 5) is 3.92. The number of nitrogens with one attached hydrogen (secondary N) is 1. The quantitative estimate of drug-likeness (QED) is 0.871. The van der Waals surface area contributed by atoms with E-state index >= 15 is 0 Å². The molecule has 1 aromatic carbocycles. The molecule has 6 heteroatoms. The van der Waals surface area contributed by atoms with Crippen molar-refractivity contribution in [2.75, 3.05) is 4.72 Å². The molecule has 0 aliphatic carbocycles. The zero-order valence-electron chi connectivity index (χ0n) is 9.58. The Labute approximate surface area is 106 Å². The Balaban J connectivity index is 2.22. The number of pyridine rings is 1. The van der Waals surface area contributed by atoms with E-state index in [1.165, 1.54) is 18.5 Å². The molecule has 0 aliphatic rings. The molecule has 1 aromatic heterocycles. The van der Waals surface area contributed by atoms with Gasteiger partial charge in [-0.05, 0) is 29.8 Å². The number of aromatic nitrogens is 1. The average molecular weight is 263 g/mol. The summed E-state index contributed by atoms with van der Waals surface area (Å²) in [7, 11) is -3.58. The van der Waals surface area contributed by atoms with Crippen LogP contribution in [0.2, 0.25) is 0 Å². The number of rotatable bonds is 4. The lowest BCUT2D eigenvalue weighted by molar-refractivity contribution is 0.601. The molecular formula is C12H13N3O2S. The van der Waals surface area contributed by atoms with Crippen LogP contribution in [0.25, 0.3) is 0 Å². The normalized spacial score (nSPS) is 11.2. The fraction of sp³-hybridized carbons (Fsp3) is 0.0833. The van der Waals surface area contributed by atoms with E-state index < -0.39 is 10.0 Å². The lowest BCUT2D eigenvalue weighted by atomic mass is 10.2. The maximum Gasteiger partial charge on any atom is 0.263 e. The van der Waals surface area contributed by atoms with E-state index in [1.54, 1.807) is 30.3 Å². The molecule has 0 saturated carbocycles. The second-order valence-corrected chi connectivity index (χ2v) is 5.38. The highest BCUT2D eigenvalue weighted by molar-refractivity contribution is 7.92. The minimum atomic E-state index is -3.58. The van der Waals surface area contributed by atoms with E-state index in [-0.39, 0.29) is 4.90 Å². The minimum absolute atomic E-state index is 0.132. The molecule has 0 aliphatic heterocycles. The van der Waals surface area contributed by atoms with Gasteiger partial charge in [0.05, 0.1) is 0 Å². The summed E-state index contributed by atoms with van der Waals surface area (Å²) in [6.07, 6.45) is 2.83. The summed E-state index contributed by atoms with van der Waals surface area (Å²) >= 11 is 0. The molecule has 0 fully saturated rings. The fourth-order valence-corrected chi connectivity index (χ4v) is 2.45. The largest absolute Gasteiger partial charge is 0.326 e. The summed E-state index contributed by atoms with van der Waals surface area (Å²) in [5.41, 5.74) is 6.91. The van der Waals surface area contributed by atoms with Crippen molar-refractivity contribution in [3.63, 3.8) is 0 Å². The highest BCUT2D eigenvalue weighted by Crippen LogP contribution is 2.15. The van der Waals surface area contributed by atoms with Crippen LogP contribution in [0.15, 0.2) is 53.7 Å². The van der Waals surface area contributed by atoms with Gasteiger partial charge in [-0.15, -0.1) is 0 Å². The van der Waals surface area contributed by atoms with E-state index in [9.17, 15) is 8.42 Å². The van der Waals surface area contributed by atoms with Gasteiger partial charge in [0, 0.05) is 24.6 Å². The van der Waals surface area contributed by atoms with Crippen LogP contribution in [0.4, 0.5) is 5.69 Å². The molecule has 2 aromatic rings. The Kier molecular flexibility index (Phi) is 3.59. The first-order valence-electron chi connectivity index (χ1n) is 5.34. The van der Waals surface area contributed by atoms with Gasteiger partial charge in [0.1, 0.15) is 4.90 Å². The zero-order valence-corrected chi connectivity index (χ0v) is 10.4. The monoisotopic (exact) mass is 263 g/mol. The Morgan fingerprint density at radius 1 is 1.17 bits per heavy atom. The topological polar surface area (TPSA) is 85.1 Å². The first kappa shape index (κ1) is 12.5. The maximum absolute atomic E-state index is 12.0.